The van der Waals surface area contributed by atoms with E-state index in [0.29, 0.717) is 12.0 Å². The highest BCUT2D eigenvalue weighted by molar-refractivity contribution is 5.77. The van der Waals surface area contributed by atoms with Crippen molar-refractivity contribution in [2.75, 3.05) is 5.73 Å². The van der Waals surface area contributed by atoms with Gasteiger partial charge in [0.2, 0.25) is 0 Å². The molecule has 1 rings (SSSR count). The fourth-order valence-electron chi connectivity index (χ4n) is 0.896. The van der Waals surface area contributed by atoms with Gasteiger partial charge in [0.05, 0.1) is 6.54 Å². The summed E-state index contributed by atoms with van der Waals surface area (Å²) in [5.41, 5.74) is 5.71. The monoisotopic (exact) mass is 178 g/mol. The predicted molar refractivity (Wildman–Crippen MR) is 46.7 cm³/mol. The van der Waals surface area contributed by atoms with Crippen LogP contribution in [-0.4, -0.2) is 15.6 Å². The van der Waals surface area contributed by atoms with E-state index in [1.165, 1.54) is 10.9 Å². The Bertz CT molecular complexity index is 361. The Balaban J connectivity index is 2.81. The van der Waals surface area contributed by atoms with Crippen LogP contribution in [0, 0.1) is 11.3 Å². The molecule has 1 aromatic rings. The minimum absolute atomic E-state index is 0.0620. The molecule has 0 radical (unpaired) electrons. The average Bonchev–Trinajstić information content (AvgIpc) is 2.46. The fourth-order valence-corrected chi connectivity index (χ4v) is 0.896. The highest BCUT2D eigenvalue weighted by Gasteiger charge is 2.06. The number of hydrogen-bond donors (Lipinski definition) is 1. The number of aromatic nitrogens is 2. The van der Waals surface area contributed by atoms with Crippen LogP contribution >= 0.6 is 0 Å². The number of hydrogen-bond acceptors (Lipinski definition) is 4. The Hall–Kier alpha value is -1.83. The molecule has 0 atom stereocenters. The summed E-state index contributed by atoms with van der Waals surface area (Å²) in [5, 5.41) is 12.4. The van der Waals surface area contributed by atoms with Gasteiger partial charge in [-0.2, -0.15) is 10.4 Å². The zero-order valence-corrected chi connectivity index (χ0v) is 7.32. The summed E-state index contributed by atoms with van der Waals surface area (Å²) in [7, 11) is 0. The fraction of sp³-hybridized carbons (Fsp3) is 0.375. The van der Waals surface area contributed by atoms with Crippen LogP contribution in [0.5, 0.6) is 0 Å². The second kappa shape index (κ2) is 3.72. The van der Waals surface area contributed by atoms with E-state index in [-0.39, 0.29) is 18.1 Å². The molecular formula is C8H10N4O. The summed E-state index contributed by atoms with van der Waals surface area (Å²) in [6.07, 6.45) is 1.94. The Morgan fingerprint density at radius 2 is 2.54 bits per heavy atom. The lowest BCUT2D eigenvalue weighted by Crippen LogP contribution is -2.09. The molecular weight excluding hydrogens is 168 g/mol. The van der Waals surface area contributed by atoms with Crippen LogP contribution in [0.15, 0.2) is 6.20 Å². The predicted octanol–water partition coefficient (Wildman–Crippen LogP) is 0.316. The van der Waals surface area contributed by atoms with Crippen LogP contribution < -0.4 is 5.73 Å². The molecule has 13 heavy (non-hydrogen) atoms. The van der Waals surface area contributed by atoms with Crippen molar-refractivity contribution in [1.29, 1.82) is 5.26 Å². The summed E-state index contributed by atoms with van der Waals surface area (Å²) in [6.45, 7) is 1.96. The molecule has 0 aliphatic rings. The van der Waals surface area contributed by atoms with Crippen LogP contribution in [-0.2, 0) is 11.3 Å². The van der Waals surface area contributed by atoms with E-state index in [2.05, 4.69) is 5.10 Å². The molecule has 0 amide bonds. The van der Waals surface area contributed by atoms with Gasteiger partial charge in [0.15, 0.2) is 11.6 Å². The molecule has 0 aromatic carbocycles. The van der Waals surface area contributed by atoms with Gasteiger partial charge in [-0.3, -0.25) is 9.48 Å². The number of carbonyl (C=O) groups excluding carboxylic acids is 1. The number of nitriles is 1. The molecule has 0 unspecified atom stereocenters. The number of nitrogens with zero attached hydrogens (tertiary/aromatic N) is 3. The van der Waals surface area contributed by atoms with E-state index in [1.54, 1.807) is 6.92 Å². The normalized spacial score (nSPS) is 9.54. The summed E-state index contributed by atoms with van der Waals surface area (Å²) in [4.78, 5) is 11.0. The van der Waals surface area contributed by atoms with Crippen LogP contribution in [0.3, 0.4) is 0 Å². The number of ketones is 1. The number of carbonyl (C=O) groups is 1. The third-order valence-electron chi connectivity index (χ3n) is 1.64. The number of nitrogens with two attached hydrogens (primary N) is 1. The standard InChI is InChI=1S/C8H10N4O/c1-2-7(13)5-12-4-6(3-9)8(10)11-12/h4H,2,5H2,1H3,(H2,10,11). The maximum atomic E-state index is 11.0. The van der Waals surface area contributed by atoms with Crippen molar-refractivity contribution in [2.24, 2.45) is 0 Å². The summed E-state index contributed by atoms with van der Waals surface area (Å²) in [6, 6.07) is 1.89. The van der Waals surface area contributed by atoms with Crippen molar-refractivity contribution in [3.8, 4) is 6.07 Å². The van der Waals surface area contributed by atoms with Crippen molar-refractivity contribution in [2.45, 2.75) is 19.9 Å². The third-order valence-corrected chi connectivity index (χ3v) is 1.64. The van der Waals surface area contributed by atoms with Crippen LogP contribution in [0.2, 0.25) is 0 Å². The highest BCUT2D eigenvalue weighted by atomic mass is 16.1. The SMILES string of the molecule is CCC(=O)Cn1cc(C#N)c(N)n1. The Morgan fingerprint density at radius 3 is 3.00 bits per heavy atom. The van der Waals surface area contributed by atoms with E-state index in [4.69, 9.17) is 11.0 Å². The molecule has 0 aliphatic heterocycles. The molecule has 1 aromatic heterocycles. The number of anilines is 1. The van der Waals surface area contributed by atoms with Gasteiger partial charge in [-0.1, -0.05) is 6.92 Å². The first-order valence-electron chi connectivity index (χ1n) is 3.92. The van der Waals surface area contributed by atoms with Crippen molar-refractivity contribution >= 4 is 11.6 Å². The minimum Gasteiger partial charge on any atom is -0.381 e. The molecule has 0 saturated carbocycles. The van der Waals surface area contributed by atoms with Gasteiger partial charge < -0.3 is 5.73 Å². The first kappa shape index (κ1) is 9.26. The maximum absolute atomic E-state index is 11.0. The number of rotatable bonds is 3. The highest BCUT2D eigenvalue weighted by Crippen LogP contribution is 2.06. The first-order valence-corrected chi connectivity index (χ1v) is 3.92. The quantitative estimate of drug-likeness (QED) is 0.722. The minimum atomic E-state index is 0.0620. The first-order chi connectivity index (χ1) is 6.17. The molecule has 0 bridgehead atoms. The molecule has 0 saturated heterocycles. The summed E-state index contributed by atoms with van der Waals surface area (Å²) in [5.74, 6) is 0.235. The van der Waals surface area contributed by atoms with Gasteiger partial charge in [-0.25, -0.2) is 0 Å². The second-order valence-electron chi connectivity index (χ2n) is 2.63. The largest absolute Gasteiger partial charge is 0.381 e. The molecule has 5 nitrogen and oxygen atoms in total. The third kappa shape index (κ3) is 2.06. The second-order valence-corrected chi connectivity index (χ2v) is 2.63. The van der Waals surface area contributed by atoms with Gasteiger partial charge >= 0.3 is 0 Å². The lowest BCUT2D eigenvalue weighted by molar-refractivity contribution is -0.119. The zero-order valence-electron chi connectivity index (χ0n) is 7.32. The van der Waals surface area contributed by atoms with Crippen LogP contribution in [0.25, 0.3) is 0 Å². The summed E-state index contributed by atoms with van der Waals surface area (Å²) < 4.78 is 1.39. The van der Waals surface area contributed by atoms with E-state index in [0.717, 1.165) is 0 Å². The van der Waals surface area contributed by atoms with Crippen molar-refractivity contribution in [3.05, 3.63) is 11.8 Å². The molecule has 2 N–H and O–H groups in total. The van der Waals surface area contributed by atoms with E-state index in [9.17, 15) is 4.79 Å². The Labute approximate surface area is 75.8 Å². The van der Waals surface area contributed by atoms with Crippen molar-refractivity contribution < 1.29 is 4.79 Å². The van der Waals surface area contributed by atoms with Gasteiger partial charge in [0, 0.05) is 12.6 Å². The smallest absolute Gasteiger partial charge is 0.163 e. The van der Waals surface area contributed by atoms with E-state index < -0.39 is 0 Å². The molecule has 0 fully saturated rings. The van der Waals surface area contributed by atoms with Crippen molar-refractivity contribution in [3.63, 3.8) is 0 Å². The van der Waals surface area contributed by atoms with Gasteiger partial charge in [0.1, 0.15) is 11.6 Å². The molecule has 5 heteroatoms. The molecule has 1 heterocycles. The topological polar surface area (TPSA) is 84.7 Å². The lowest BCUT2D eigenvalue weighted by Gasteiger charge is -1.96. The van der Waals surface area contributed by atoms with Crippen LogP contribution in [0.1, 0.15) is 18.9 Å². The van der Waals surface area contributed by atoms with E-state index >= 15 is 0 Å². The molecule has 68 valence electrons. The molecule has 0 aliphatic carbocycles. The number of nitrogen functional groups attached to an aromatic ring is 1. The maximum Gasteiger partial charge on any atom is 0.163 e. The van der Waals surface area contributed by atoms with E-state index in [1.807, 2.05) is 6.07 Å². The summed E-state index contributed by atoms with van der Waals surface area (Å²) >= 11 is 0. The zero-order chi connectivity index (χ0) is 9.84. The lowest BCUT2D eigenvalue weighted by atomic mass is 10.3. The van der Waals surface area contributed by atoms with Gasteiger partial charge in [-0.15, -0.1) is 0 Å². The number of Topliss-reactive ketones (excluding diaryl/α,β-unsaturated/α-hetero) is 1. The van der Waals surface area contributed by atoms with Crippen molar-refractivity contribution in [1.82, 2.24) is 9.78 Å². The Morgan fingerprint density at radius 1 is 1.85 bits per heavy atom. The molecule has 0 spiro atoms. The van der Waals surface area contributed by atoms with Gasteiger partial charge in [0.25, 0.3) is 0 Å². The van der Waals surface area contributed by atoms with Crippen LogP contribution in [0.4, 0.5) is 5.82 Å². The Kier molecular flexibility index (Phi) is 2.65. The van der Waals surface area contributed by atoms with Gasteiger partial charge in [-0.05, 0) is 0 Å². The average molecular weight is 178 g/mol.